The van der Waals surface area contributed by atoms with Gasteiger partial charge in [-0.05, 0) is 24.3 Å². The van der Waals surface area contributed by atoms with Crippen LogP contribution in [0.1, 0.15) is 17.1 Å². The molecule has 0 aliphatic rings. The lowest BCUT2D eigenvalue weighted by molar-refractivity contribution is 0.276. The molecule has 0 aliphatic heterocycles. The highest BCUT2D eigenvalue weighted by Gasteiger charge is 1.99. The molecule has 0 saturated carbocycles. The molecule has 0 saturated heterocycles. The summed E-state index contributed by atoms with van der Waals surface area (Å²) in [5, 5.41) is 8.95. The minimum atomic E-state index is -0.0178. The van der Waals surface area contributed by atoms with Gasteiger partial charge in [-0.15, -0.1) is 0 Å². The number of aliphatic hydroxyl groups is 1. The summed E-state index contributed by atoms with van der Waals surface area (Å²) in [4.78, 5) is 8.52. The molecule has 0 unspecified atom stereocenters. The van der Waals surface area contributed by atoms with E-state index in [-0.39, 0.29) is 6.61 Å². The zero-order valence-electron chi connectivity index (χ0n) is 8.30. The molecule has 0 atom stereocenters. The number of rotatable bonds is 3. The molecule has 1 N–H and O–H groups in total. The summed E-state index contributed by atoms with van der Waals surface area (Å²) in [6.45, 7) is -0.0178. The Labute approximate surface area is 88.5 Å². The molecule has 2 aromatic heterocycles. The van der Waals surface area contributed by atoms with Gasteiger partial charge in [0.15, 0.2) is 0 Å². The van der Waals surface area contributed by atoms with Crippen molar-refractivity contribution in [3.63, 3.8) is 0 Å². The Hall–Kier alpha value is -1.74. The first-order valence-corrected chi connectivity index (χ1v) is 4.84. The molecule has 2 aromatic rings. The lowest BCUT2D eigenvalue weighted by Crippen LogP contribution is -1.97. The minimum Gasteiger partial charge on any atom is -0.390 e. The van der Waals surface area contributed by atoms with Crippen molar-refractivity contribution >= 4 is 0 Å². The lowest BCUT2D eigenvalue weighted by Gasteiger charge is -2.01. The molecule has 0 amide bonds. The molecule has 0 spiro atoms. The third-order valence-electron chi connectivity index (χ3n) is 2.11. The molecule has 0 radical (unpaired) electrons. The van der Waals surface area contributed by atoms with Gasteiger partial charge in [0.25, 0.3) is 0 Å². The molecule has 0 fully saturated rings. The third-order valence-corrected chi connectivity index (χ3v) is 2.11. The average Bonchev–Trinajstić information content (AvgIpc) is 2.31. The predicted octanol–water partition coefficient (Wildman–Crippen LogP) is 1.56. The molecular weight excluding hydrogens is 188 g/mol. The van der Waals surface area contributed by atoms with E-state index in [0.29, 0.717) is 12.1 Å². The monoisotopic (exact) mass is 200 g/mol. The molecule has 0 aromatic carbocycles. The number of aromatic nitrogens is 2. The van der Waals surface area contributed by atoms with E-state index in [0.717, 1.165) is 11.4 Å². The van der Waals surface area contributed by atoms with Crippen molar-refractivity contribution in [2.24, 2.45) is 0 Å². The van der Waals surface area contributed by atoms with Crippen LogP contribution in [0.5, 0.6) is 0 Å². The van der Waals surface area contributed by atoms with E-state index in [9.17, 15) is 0 Å². The van der Waals surface area contributed by atoms with Crippen LogP contribution in [0.3, 0.4) is 0 Å². The molecule has 15 heavy (non-hydrogen) atoms. The van der Waals surface area contributed by atoms with E-state index in [4.69, 9.17) is 5.11 Å². The van der Waals surface area contributed by atoms with Crippen LogP contribution in [0, 0.1) is 0 Å². The molecule has 3 nitrogen and oxygen atoms in total. The summed E-state index contributed by atoms with van der Waals surface area (Å²) in [5.41, 5.74) is 2.61. The Morgan fingerprint density at radius 1 is 0.933 bits per heavy atom. The second kappa shape index (κ2) is 4.66. The normalized spacial score (nSPS) is 10.2. The molecule has 0 aliphatic carbocycles. The van der Waals surface area contributed by atoms with Gasteiger partial charge in [-0.1, -0.05) is 12.1 Å². The van der Waals surface area contributed by atoms with Gasteiger partial charge in [0.2, 0.25) is 0 Å². The van der Waals surface area contributed by atoms with Gasteiger partial charge in [-0.2, -0.15) is 0 Å². The van der Waals surface area contributed by atoms with E-state index in [1.54, 1.807) is 6.20 Å². The Balaban J connectivity index is 2.17. The molecule has 2 heterocycles. The van der Waals surface area contributed by atoms with Crippen LogP contribution in [-0.4, -0.2) is 15.1 Å². The highest BCUT2D eigenvalue weighted by Crippen LogP contribution is 2.05. The van der Waals surface area contributed by atoms with Crippen molar-refractivity contribution in [3.8, 4) is 0 Å². The number of hydrogen-bond donors (Lipinski definition) is 1. The van der Waals surface area contributed by atoms with Crippen LogP contribution < -0.4 is 0 Å². The van der Waals surface area contributed by atoms with Crippen molar-refractivity contribution in [1.29, 1.82) is 0 Å². The standard InChI is InChI=1S/C12H12N2O/c15-9-12-6-3-5-11(14-12)8-10-4-1-2-7-13-10/h1-7,15H,8-9H2. The summed E-state index contributed by atoms with van der Waals surface area (Å²) in [6, 6.07) is 11.5. The van der Waals surface area contributed by atoms with Crippen molar-refractivity contribution in [2.75, 3.05) is 0 Å². The maximum absolute atomic E-state index is 8.95. The number of aliphatic hydroxyl groups excluding tert-OH is 1. The van der Waals surface area contributed by atoms with Crippen LogP contribution >= 0.6 is 0 Å². The van der Waals surface area contributed by atoms with Gasteiger partial charge in [0, 0.05) is 24.0 Å². The van der Waals surface area contributed by atoms with Gasteiger partial charge >= 0.3 is 0 Å². The summed E-state index contributed by atoms with van der Waals surface area (Å²) in [5.74, 6) is 0. The largest absolute Gasteiger partial charge is 0.390 e. The van der Waals surface area contributed by atoms with Crippen molar-refractivity contribution < 1.29 is 5.11 Å². The molecular formula is C12H12N2O. The predicted molar refractivity (Wildman–Crippen MR) is 57.2 cm³/mol. The van der Waals surface area contributed by atoms with Crippen molar-refractivity contribution in [3.05, 3.63) is 59.7 Å². The van der Waals surface area contributed by atoms with E-state index in [1.165, 1.54) is 0 Å². The zero-order valence-corrected chi connectivity index (χ0v) is 8.30. The highest BCUT2D eigenvalue weighted by molar-refractivity contribution is 5.17. The van der Waals surface area contributed by atoms with Gasteiger partial charge < -0.3 is 5.11 Å². The maximum Gasteiger partial charge on any atom is 0.0853 e. The van der Waals surface area contributed by atoms with Crippen LogP contribution in [0.2, 0.25) is 0 Å². The Bertz CT molecular complexity index is 429. The summed E-state index contributed by atoms with van der Waals surface area (Å²) >= 11 is 0. The molecule has 2 rings (SSSR count). The topological polar surface area (TPSA) is 46.0 Å². The molecule has 0 bridgehead atoms. The third kappa shape index (κ3) is 2.60. The zero-order chi connectivity index (χ0) is 10.5. The molecule has 76 valence electrons. The molecule has 3 heteroatoms. The smallest absolute Gasteiger partial charge is 0.0853 e. The second-order valence-corrected chi connectivity index (χ2v) is 3.28. The Morgan fingerprint density at radius 3 is 2.47 bits per heavy atom. The first-order chi connectivity index (χ1) is 7.38. The van der Waals surface area contributed by atoms with E-state index < -0.39 is 0 Å². The van der Waals surface area contributed by atoms with Crippen molar-refractivity contribution in [2.45, 2.75) is 13.0 Å². The second-order valence-electron chi connectivity index (χ2n) is 3.28. The minimum absolute atomic E-state index is 0.0178. The number of hydrogen-bond acceptors (Lipinski definition) is 3. The Morgan fingerprint density at radius 2 is 1.73 bits per heavy atom. The average molecular weight is 200 g/mol. The van der Waals surface area contributed by atoms with Crippen LogP contribution in [0.15, 0.2) is 42.6 Å². The first kappa shape index (κ1) is 9.80. The van der Waals surface area contributed by atoms with Gasteiger partial charge in [0.1, 0.15) is 0 Å². The van der Waals surface area contributed by atoms with Gasteiger partial charge in [-0.25, -0.2) is 0 Å². The quantitative estimate of drug-likeness (QED) is 0.817. The van der Waals surface area contributed by atoms with Crippen LogP contribution in [0.4, 0.5) is 0 Å². The van der Waals surface area contributed by atoms with Crippen LogP contribution in [-0.2, 0) is 13.0 Å². The fourth-order valence-electron chi connectivity index (χ4n) is 1.40. The highest BCUT2D eigenvalue weighted by atomic mass is 16.3. The maximum atomic E-state index is 8.95. The van der Waals surface area contributed by atoms with Crippen molar-refractivity contribution in [1.82, 2.24) is 9.97 Å². The van der Waals surface area contributed by atoms with E-state index in [2.05, 4.69) is 9.97 Å². The van der Waals surface area contributed by atoms with Gasteiger partial charge in [0.05, 0.1) is 12.3 Å². The number of pyridine rings is 2. The summed E-state index contributed by atoms with van der Waals surface area (Å²) < 4.78 is 0. The first-order valence-electron chi connectivity index (χ1n) is 4.84. The SMILES string of the molecule is OCc1cccc(Cc2ccccn2)n1. The Kier molecular flexibility index (Phi) is 3.05. The van der Waals surface area contributed by atoms with E-state index >= 15 is 0 Å². The van der Waals surface area contributed by atoms with E-state index in [1.807, 2.05) is 36.4 Å². The lowest BCUT2D eigenvalue weighted by atomic mass is 10.2. The fraction of sp³-hybridized carbons (Fsp3) is 0.167. The van der Waals surface area contributed by atoms with Gasteiger partial charge in [-0.3, -0.25) is 9.97 Å². The van der Waals surface area contributed by atoms with Crippen LogP contribution in [0.25, 0.3) is 0 Å². The summed E-state index contributed by atoms with van der Waals surface area (Å²) in [7, 11) is 0. The summed E-state index contributed by atoms with van der Waals surface area (Å²) in [6.07, 6.45) is 2.47. The fourth-order valence-corrected chi connectivity index (χ4v) is 1.40. The number of nitrogens with zero attached hydrogens (tertiary/aromatic N) is 2.